The molecule has 0 saturated carbocycles. The van der Waals surface area contributed by atoms with Gasteiger partial charge < -0.3 is 0 Å². The van der Waals surface area contributed by atoms with Gasteiger partial charge in [0.2, 0.25) is 0 Å². The smallest absolute Gasteiger partial charge is 0.178 e. The lowest BCUT2D eigenvalue weighted by molar-refractivity contribution is -0.962. The molecular weight excluding hydrogens is 541 g/mol. The number of rotatable bonds is 4. The molecule has 9 rings (SSSR count). The first-order valence-electron chi connectivity index (χ1n) is 15.2. The minimum Gasteiger partial charge on any atom is -0.265 e. The van der Waals surface area contributed by atoms with E-state index >= 15 is 0 Å². The van der Waals surface area contributed by atoms with E-state index in [0.717, 1.165) is 0 Å². The lowest BCUT2D eigenvalue weighted by Crippen LogP contribution is -3.19. The number of hydrogen-bond acceptors (Lipinski definition) is 2. The van der Waals surface area contributed by atoms with E-state index in [0.29, 0.717) is 11.2 Å². The fraction of sp³-hybridized carbons (Fsp3) is 0.100. The van der Waals surface area contributed by atoms with Crippen LogP contribution in [-0.2, 0) is 0 Å². The van der Waals surface area contributed by atoms with Crippen LogP contribution in [0, 0.1) is 0 Å². The SMILES string of the molecule is C1=CC2Sc3ccccc3C2c2c1ccc1cc([NH+]3C(c4ccccc4)NC3c3cccc(-c4ccccc4)c3)ccc21. The molecule has 2 N–H and O–H groups in total. The minimum absolute atomic E-state index is 0.161. The van der Waals surface area contributed by atoms with Gasteiger partial charge in [0.25, 0.3) is 0 Å². The van der Waals surface area contributed by atoms with Crippen LogP contribution in [0.1, 0.15) is 46.1 Å². The first-order valence-corrected chi connectivity index (χ1v) is 16.0. The van der Waals surface area contributed by atoms with Gasteiger partial charge in [-0.15, -0.1) is 11.8 Å². The van der Waals surface area contributed by atoms with Crippen LogP contribution in [0.15, 0.2) is 150 Å². The number of fused-ring (bicyclic) bond motifs is 7. The van der Waals surface area contributed by atoms with E-state index in [9.17, 15) is 0 Å². The van der Waals surface area contributed by atoms with Gasteiger partial charge in [-0.3, -0.25) is 4.90 Å². The lowest BCUT2D eigenvalue weighted by atomic mass is 9.79. The number of nitrogens with one attached hydrogen (secondary N) is 2. The van der Waals surface area contributed by atoms with Crippen LogP contribution in [-0.4, -0.2) is 5.25 Å². The van der Waals surface area contributed by atoms with E-state index in [2.05, 4.69) is 157 Å². The Morgan fingerprint density at radius 3 is 2.23 bits per heavy atom. The highest BCUT2D eigenvalue weighted by atomic mass is 32.2. The molecule has 5 atom stereocenters. The molecule has 3 heteroatoms. The zero-order chi connectivity index (χ0) is 28.3. The average Bonchev–Trinajstić information content (AvgIpc) is 3.44. The maximum atomic E-state index is 3.93. The molecule has 0 spiro atoms. The Morgan fingerprint density at radius 2 is 1.35 bits per heavy atom. The van der Waals surface area contributed by atoms with E-state index in [-0.39, 0.29) is 12.3 Å². The first kappa shape index (κ1) is 25.1. The Balaban J connectivity index is 1.14. The van der Waals surface area contributed by atoms with Crippen LogP contribution < -0.4 is 10.2 Å². The van der Waals surface area contributed by atoms with Crippen LogP contribution in [0.3, 0.4) is 0 Å². The fourth-order valence-electron chi connectivity index (χ4n) is 7.42. The molecule has 3 aliphatic rings. The molecule has 0 radical (unpaired) electrons. The van der Waals surface area contributed by atoms with Crippen molar-refractivity contribution in [2.75, 3.05) is 0 Å². The summed E-state index contributed by atoms with van der Waals surface area (Å²) in [7, 11) is 0. The topological polar surface area (TPSA) is 16.5 Å². The summed E-state index contributed by atoms with van der Waals surface area (Å²) in [6.45, 7) is 0. The summed E-state index contributed by atoms with van der Waals surface area (Å²) in [5, 5.41) is 7.09. The van der Waals surface area contributed by atoms with E-state index in [1.807, 2.05) is 11.8 Å². The lowest BCUT2D eigenvalue weighted by Gasteiger charge is -2.45. The molecule has 1 saturated heterocycles. The van der Waals surface area contributed by atoms with Crippen LogP contribution in [0.5, 0.6) is 0 Å². The Bertz CT molecular complexity index is 2020. The molecule has 0 bridgehead atoms. The van der Waals surface area contributed by atoms with Gasteiger partial charge in [-0.2, -0.15) is 0 Å². The maximum absolute atomic E-state index is 3.93. The second-order valence-corrected chi connectivity index (χ2v) is 13.1. The third-order valence-electron chi connectivity index (χ3n) is 9.47. The summed E-state index contributed by atoms with van der Waals surface area (Å²) in [5.74, 6) is 0.402. The van der Waals surface area contributed by atoms with Crippen LogP contribution in [0.4, 0.5) is 5.69 Å². The van der Waals surface area contributed by atoms with Crippen molar-refractivity contribution in [3.05, 3.63) is 173 Å². The van der Waals surface area contributed by atoms with Gasteiger partial charge in [-0.25, -0.2) is 5.32 Å². The molecule has 1 fully saturated rings. The summed E-state index contributed by atoms with van der Waals surface area (Å²) in [4.78, 5) is 2.86. The van der Waals surface area contributed by atoms with Crippen molar-refractivity contribution in [1.29, 1.82) is 0 Å². The third kappa shape index (κ3) is 4.11. The van der Waals surface area contributed by atoms with Crippen molar-refractivity contribution < 1.29 is 4.90 Å². The molecule has 6 aromatic carbocycles. The summed E-state index contributed by atoms with van der Waals surface area (Å²) in [5.41, 5.74) is 10.8. The molecule has 2 heterocycles. The highest BCUT2D eigenvalue weighted by molar-refractivity contribution is 8.00. The minimum atomic E-state index is 0.161. The molecule has 0 amide bonds. The number of hydrogen-bond donors (Lipinski definition) is 2. The van der Waals surface area contributed by atoms with Gasteiger partial charge >= 0.3 is 0 Å². The predicted molar refractivity (Wildman–Crippen MR) is 178 cm³/mol. The van der Waals surface area contributed by atoms with Gasteiger partial charge in [0.05, 0.1) is 0 Å². The van der Waals surface area contributed by atoms with Gasteiger partial charge in [0.1, 0.15) is 5.69 Å². The van der Waals surface area contributed by atoms with E-state index < -0.39 is 0 Å². The molecule has 5 unspecified atom stereocenters. The second-order valence-electron chi connectivity index (χ2n) is 11.9. The third-order valence-corrected chi connectivity index (χ3v) is 10.8. The largest absolute Gasteiger partial charge is 0.265 e. The first-order chi connectivity index (χ1) is 21.3. The van der Waals surface area contributed by atoms with Gasteiger partial charge in [0.15, 0.2) is 12.3 Å². The van der Waals surface area contributed by atoms with Gasteiger partial charge in [-0.05, 0) is 62.9 Å². The number of benzene rings is 6. The molecule has 0 aromatic heterocycles. The summed E-state index contributed by atoms with van der Waals surface area (Å²) >= 11 is 2.01. The average molecular weight is 572 g/mol. The molecule has 2 nitrogen and oxygen atoms in total. The monoisotopic (exact) mass is 571 g/mol. The highest BCUT2D eigenvalue weighted by Gasteiger charge is 2.46. The van der Waals surface area contributed by atoms with Crippen molar-refractivity contribution >= 4 is 34.3 Å². The van der Waals surface area contributed by atoms with Crippen molar-refractivity contribution in [3.63, 3.8) is 0 Å². The Labute approximate surface area is 256 Å². The standard InChI is InChI=1S/C40H30N2S/c1-3-10-26(11-4-1)29-14-9-15-31(24-29)40-41-39(28-12-5-2-6-13-28)42(40)32-21-22-33-30(25-32)19-18-27-20-23-36-38(37(27)33)34-16-7-8-17-35(34)43-36/h1-25,36,38-41H/p+1. The Hall–Kier alpha value is -4.41. The second kappa shape index (κ2) is 10.1. The van der Waals surface area contributed by atoms with Gasteiger partial charge in [0, 0.05) is 33.3 Å². The number of quaternary nitrogens is 1. The molecule has 43 heavy (non-hydrogen) atoms. The van der Waals surface area contributed by atoms with Crippen LogP contribution >= 0.6 is 11.8 Å². The molecular formula is C40H31N2S+. The Morgan fingerprint density at radius 1 is 0.605 bits per heavy atom. The van der Waals surface area contributed by atoms with Crippen molar-refractivity contribution in [1.82, 2.24) is 5.32 Å². The predicted octanol–water partition coefficient (Wildman–Crippen LogP) is 8.66. The van der Waals surface area contributed by atoms with E-state index in [1.165, 1.54) is 65.2 Å². The highest BCUT2D eigenvalue weighted by Crippen LogP contribution is 2.53. The summed E-state index contributed by atoms with van der Waals surface area (Å²) in [6, 6.07) is 51.4. The van der Waals surface area contributed by atoms with Crippen molar-refractivity contribution in [3.8, 4) is 11.1 Å². The summed E-state index contributed by atoms with van der Waals surface area (Å²) in [6.07, 6.45) is 5.10. The molecule has 6 aromatic rings. The summed E-state index contributed by atoms with van der Waals surface area (Å²) < 4.78 is 0. The maximum Gasteiger partial charge on any atom is 0.178 e. The fourth-order valence-corrected chi connectivity index (χ4v) is 8.78. The van der Waals surface area contributed by atoms with Crippen molar-refractivity contribution in [2.24, 2.45) is 0 Å². The van der Waals surface area contributed by atoms with Crippen LogP contribution in [0.25, 0.3) is 28.0 Å². The molecule has 206 valence electrons. The van der Waals surface area contributed by atoms with Crippen molar-refractivity contribution in [2.45, 2.75) is 28.4 Å². The van der Waals surface area contributed by atoms with Crippen LogP contribution in [0.2, 0.25) is 0 Å². The number of thioether (sulfide) groups is 1. The molecule has 1 aliphatic carbocycles. The van der Waals surface area contributed by atoms with E-state index in [4.69, 9.17) is 0 Å². The zero-order valence-corrected chi connectivity index (χ0v) is 24.5. The normalized spacial score (nSPS) is 23.3. The van der Waals surface area contributed by atoms with E-state index in [1.54, 1.807) is 0 Å². The zero-order valence-electron chi connectivity index (χ0n) is 23.7. The van der Waals surface area contributed by atoms with Gasteiger partial charge in [-0.1, -0.05) is 121 Å². The quantitative estimate of drug-likeness (QED) is 0.220. The molecule has 2 aliphatic heterocycles. The Kier molecular flexibility index (Phi) is 5.90.